The molecule has 76 valence electrons. The van der Waals surface area contributed by atoms with Crippen LogP contribution < -0.4 is 11.1 Å². The molecule has 1 aromatic heterocycles. The predicted molar refractivity (Wildman–Crippen MR) is 64.3 cm³/mol. The first-order valence-corrected chi connectivity index (χ1v) is 5.29. The highest BCUT2D eigenvalue weighted by molar-refractivity contribution is 9.10. The van der Waals surface area contributed by atoms with Crippen molar-refractivity contribution in [2.24, 2.45) is 0 Å². The van der Waals surface area contributed by atoms with Gasteiger partial charge < -0.3 is 11.1 Å². The van der Waals surface area contributed by atoms with E-state index < -0.39 is 0 Å². The number of rotatable bonds is 4. The topological polar surface area (TPSA) is 50.9 Å². The summed E-state index contributed by atoms with van der Waals surface area (Å²) in [6.07, 6.45) is 6.78. The number of allylic oxidation sites excluding steroid dienone is 1. The Morgan fingerprint density at radius 1 is 1.64 bits per heavy atom. The van der Waals surface area contributed by atoms with E-state index in [-0.39, 0.29) is 0 Å². The van der Waals surface area contributed by atoms with Gasteiger partial charge in [0.15, 0.2) is 0 Å². The second kappa shape index (κ2) is 5.65. The third-order valence-electron chi connectivity index (χ3n) is 1.70. The van der Waals surface area contributed by atoms with Gasteiger partial charge in [-0.25, -0.2) is 4.98 Å². The SMILES string of the molecule is C/C=C/CCNc1ncc(N)cc1Br. The molecular formula is C10H14BrN3. The number of nitrogens with one attached hydrogen (secondary N) is 1. The summed E-state index contributed by atoms with van der Waals surface area (Å²) in [5.74, 6) is 0.837. The second-order valence-electron chi connectivity index (χ2n) is 2.88. The molecule has 3 N–H and O–H groups in total. The minimum Gasteiger partial charge on any atom is -0.397 e. The lowest BCUT2D eigenvalue weighted by Crippen LogP contribution is -2.03. The van der Waals surface area contributed by atoms with Crippen LogP contribution in [0.2, 0.25) is 0 Å². The van der Waals surface area contributed by atoms with Crippen LogP contribution in [0.1, 0.15) is 13.3 Å². The number of nitrogen functional groups attached to an aromatic ring is 1. The van der Waals surface area contributed by atoms with Crippen molar-refractivity contribution >= 4 is 27.4 Å². The zero-order valence-corrected chi connectivity index (χ0v) is 9.71. The summed E-state index contributed by atoms with van der Waals surface area (Å²) in [7, 11) is 0. The van der Waals surface area contributed by atoms with Crippen LogP contribution in [0.15, 0.2) is 28.9 Å². The molecule has 0 aliphatic rings. The highest BCUT2D eigenvalue weighted by atomic mass is 79.9. The second-order valence-corrected chi connectivity index (χ2v) is 3.74. The lowest BCUT2D eigenvalue weighted by atomic mass is 10.3. The van der Waals surface area contributed by atoms with Gasteiger partial charge in [-0.2, -0.15) is 0 Å². The summed E-state index contributed by atoms with van der Waals surface area (Å²) in [4.78, 5) is 4.17. The van der Waals surface area contributed by atoms with Crippen molar-refractivity contribution in [1.29, 1.82) is 0 Å². The predicted octanol–water partition coefficient (Wildman–Crippen LogP) is 2.80. The maximum atomic E-state index is 5.57. The number of nitrogens with zero attached hydrogens (tertiary/aromatic N) is 1. The van der Waals surface area contributed by atoms with Crippen molar-refractivity contribution in [3.63, 3.8) is 0 Å². The molecule has 0 aliphatic heterocycles. The van der Waals surface area contributed by atoms with Gasteiger partial charge in [0.1, 0.15) is 5.82 Å². The van der Waals surface area contributed by atoms with Gasteiger partial charge in [0.05, 0.1) is 16.4 Å². The van der Waals surface area contributed by atoms with Crippen LogP contribution in [0.3, 0.4) is 0 Å². The van der Waals surface area contributed by atoms with E-state index >= 15 is 0 Å². The summed E-state index contributed by atoms with van der Waals surface area (Å²) < 4.78 is 0.901. The van der Waals surface area contributed by atoms with Crippen molar-refractivity contribution in [3.8, 4) is 0 Å². The Labute approximate surface area is 92.5 Å². The minimum atomic E-state index is 0.663. The molecule has 14 heavy (non-hydrogen) atoms. The van der Waals surface area contributed by atoms with Crippen LogP contribution >= 0.6 is 15.9 Å². The molecule has 0 atom stereocenters. The Morgan fingerprint density at radius 3 is 3.07 bits per heavy atom. The highest BCUT2D eigenvalue weighted by Gasteiger charge is 1.99. The van der Waals surface area contributed by atoms with Gasteiger partial charge in [0.25, 0.3) is 0 Å². The largest absolute Gasteiger partial charge is 0.397 e. The molecule has 0 saturated heterocycles. The number of halogens is 1. The number of nitrogens with two attached hydrogens (primary N) is 1. The molecule has 0 radical (unpaired) electrons. The van der Waals surface area contributed by atoms with Crippen molar-refractivity contribution in [2.45, 2.75) is 13.3 Å². The van der Waals surface area contributed by atoms with E-state index in [1.807, 2.05) is 19.1 Å². The number of pyridine rings is 1. The van der Waals surface area contributed by atoms with Crippen LogP contribution in [-0.2, 0) is 0 Å². The van der Waals surface area contributed by atoms with Crippen LogP contribution in [0.5, 0.6) is 0 Å². The Bertz CT molecular complexity index is 323. The van der Waals surface area contributed by atoms with Gasteiger partial charge in [-0.05, 0) is 35.3 Å². The summed E-state index contributed by atoms with van der Waals surface area (Å²) in [5, 5.41) is 3.21. The standard InChI is InChI=1S/C10H14BrN3/c1-2-3-4-5-13-10-9(11)6-8(12)7-14-10/h2-3,6-7H,4-5,12H2,1H3,(H,13,14)/b3-2+. The Morgan fingerprint density at radius 2 is 2.43 bits per heavy atom. The Hall–Kier alpha value is -1.03. The highest BCUT2D eigenvalue weighted by Crippen LogP contribution is 2.21. The molecular weight excluding hydrogens is 242 g/mol. The minimum absolute atomic E-state index is 0.663. The average molecular weight is 256 g/mol. The van der Waals surface area contributed by atoms with E-state index in [2.05, 4.69) is 32.3 Å². The van der Waals surface area contributed by atoms with E-state index in [1.165, 1.54) is 0 Å². The third kappa shape index (κ3) is 3.38. The molecule has 0 amide bonds. The fourth-order valence-corrected chi connectivity index (χ4v) is 1.53. The number of anilines is 2. The van der Waals surface area contributed by atoms with Crippen LogP contribution in [0.4, 0.5) is 11.5 Å². The zero-order valence-electron chi connectivity index (χ0n) is 8.13. The smallest absolute Gasteiger partial charge is 0.140 e. The van der Waals surface area contributed by atoms with Crippen molar-refractivity contribution in [2.75, 3.05) is 17.6 Å². The van der Waals surface area contributed by atoms with Gasteiger partial charge in [-0.3, -0.25) is 0 Å². The van der Waals surface area contributed by atoms with Crippen LogP contribution in [0.25, 0.3) is 0 Å². The fourth-order valence-electron chi connectivity index (χ4n) is 1.02. The van der Waals surface area contributed by atoms with E-state index in [9.17, 15) is 0 Å². The number of hydrogen-bond donors (Lipinski definition) is 2. The molecule has 3 nitrogen and oxygen atoms in total. The summed E-state index contributed by atoms with van der Waals surface area (Å²) in [6.45, 7) is 2.89. The lowest BCUT2D eigenvalue weighted by Gasteiger charge is -2.06. The quantitative estimate of drug-likeness (QED) is 0.643. The first-order valence-electron chi connectivity index (χ1n) is 4.50. The van der Waals surface area contributed by atoms with Gasteiger partial charge >= 0.3 is 0 Å². The maximum absolute atomic E-state index is 5.57. The molecule has 1 heterocycles. The van der Waals surface area contributed by atoms with E-state index in [0.29, 0.717) is 5.69 Å². The molecule has 0 spiro atoms. The molecule has 0 aromatic carbocycles. The Kier molecular flexibility index (Phi) is 4.46. The summed E-state index contributed by atoms with van der Waals surface area (Å²) in [5.41, 5.74) is 6.24. The number of hydrogen-bond acceptors (Lipinski definition) is 3. The van der Waals surface area contributed by atoms with Crippen molar-refractivity contribution < 1.29 is 0 Å². The molecule has 0 aliphatic carbocycles. The van der Waals surface area contributed by atoms with Gasteiger partial charge in [-0.15, -0.1) is 0 Å². The molecule has 0 bridgehead atoms. The lowest BCUT2D eigenvalue weighted by molar-refractivity contribution is 1.04. The molecule has 1 rings (SSSR count). The normalized spacial score (nSPS) is 10.7. The first-order chi connectivity index (χ1) is 6.74. The van der Waals surface area contributed by atoms with E-state index in [1.54, 1.807) is 6.20 Å². The van der Waals surface area contributed by atoms with Gasteiger partial charge in [-0.1, -0.05) is 12.2 Å². The maximum Gasteiger partial charge on any atom is 0.140 e. The Balaban J connectivity index is 2.50. The molecule has 0 unspecified atom stereocenters. The zero-order chi connectivity index (χ0) is 10.4. The van der Waals surface area contributed by atoms with Crippen LogP contribution in [-0.4, -0.2) is 11.5 Å². The molecule has 0 saturated carbocycles. The fraction of sp³-hybridized carbons (Fsp3) is 0.300. The molecule has 1 aromatic rings. The van der Waals surface area contributed by atoms with Gasteiger partial charge in [0, 0.05) is 6.54 Å². The first kappa shape index (κ1) is 11.0. The number of aromatic nitrogens is 1. The molecule has 4 heteroatoms. The van der Waals surface area contributed by atoms with Crippen molar-refractivity contribution in [1.82, 2.24) is 4.98 Å². The van der Waals surface area contributed by atoms with Crippen molar-refractivity contribution in [3.05, 3.63) is 28.9 Å². The summed E-state index contributed by atoms with van der Waals surface area (Å²) in [6, 6.07) is 1.84. The van der Waals surface area contributed by atoms with Gasteiger partial charge in [0.2, 0.25) is 0 Å². The third-order valence-corrected chi connectivity index (χ3v) is 2.31. The van der Waals surface area contributed by atoms with Crippen LogP contribution in [0, 0.1) is 0 Å². The summed E-state index contributed by atoms with van der Waals surface area (Å²) >= 11 is 3.39. The van der Waals surface area contributed by atoms with E-state index in [0.717, 1.165) is 23.3 Å². The molecule has 0 fully saturated rings. The monoisotopic (exact) mass is 255 g/mol. The average Bonchev–Trinajstić information content (AvgIpc) is 2.15. The van der Waals surface area contributed by atoms with E-state index in [4.69, 9.17) is 5.73 Å².